The molecule has 1 aromatic carbocycles. The molecule has 180 valence electrons. The van der Waals surface area contributed by atoms with E-state index in [1.165, 1.54) is 0 Å². The molecule has 2 fully saturated rings. The number of nitrogens with two attached hydrogens (primary N) is 2. The maximum Gasteiger partial charge on any atom is 0.254 e. The van der Waals surface area contributed by atoms with Crippen LogP contribution in [-0.2, 0) is 4.74 Å². The molecule has 10 nitrogen and oxygen atoms in total. The van der Waals surface area contributed by atoms with Crippen molar-refractivity contribution >= 4 is 28.7 Å². The zero-order chi connectivity index (χ0) is 24.0. The van der Waals surface area contributed by atoms with Crippen LogP contribution >= 0.6 is 0 Å². The largest absolute Gasteiger partial charge is 0.508 e. The van der Waals surface area contributed by atoms with E-state index in [1.54, 1.807) is 29.8 Å². The lowest BCUT2D eigenvalue weighted by molar-refractivity contribution is 0.0115. The number of phenols is 1. The lowest BCUT2D eigenvalue weighted by Crippen LogP contribution is -2.49. The number of primary amides is 1. The monoisotopic (exact) mass is 465 g/mol. The number of piperidine rings is 1. The van der Waals surface area contributed by atoms with Crippen molar-refractivity contribution in [2.24, 2.45) is 5.73 Å². The summed E-state index contributed by atoms with van der Waals surface area (Å²) in [5.41, 5.74) is 15.3. The number of hydrogen-bond donors (Lipinski definition) is 3. The van der Waals surface area contributed by atoms with E-state index in [4.69, 9.17) is 21.2 Å². The van der Waals surface area contributed by atoms with Gasteiger partial charge in [-0.3, -0.25) is 14.3 Å². The Morgan fingerprint density at radius 1 is 1.15 bits per heavy atom. The van der Waals surface area contributed by atoms with Crippen molar-refractivity contribution in [2.45, 2.75) is 32.7 Å². The molecule has 2 aliphatic rings. The number of fused-ring (bicyclic) bond motifs is 1. The summed E-state index contributed by atoms with van der Waals surface area (Å²) < 4.78 is 7.15. The van der Waals surface area contributed by atoms with Crippen LogP contribution in [-0.4, -0.2) is 75.9 Å². The number of rotatable bonds is 4. The number of benzene rings is 1. The highest BCUT2D eigenvalue weighted by Gasteiger charge is 2.29. The summed E-state index contributed by atoms with van der Waals surface area (Å²) in [5.74, 6) is 0.351. The Hall–Kier alpha value is -3.37. The highest BCUT2D eigenvalue weighted by Crippen LogP contribution is 2.35. The average Bonchev–Trinajstić information content (AvgIpc) is 3.13. The van der Waals surface area contributed by atoms with Crippen molar-refractivity contribution in [1.29, 1.82) is 0 Å². The zero-order valence-electron chi connectivity index (χ0n) is 19.6. The fraction of sp³-hybridized carbons (Fsp3) is 0.458. The number of anilines is 2. The molecule has 0 saturated carbocycles. The van der Waals surface area contributed by atoms with Gasteiger partial charge in [0.15, 0.2) is 5.65 Å². The van der Waals surface area contributed by atoms with E-state index in [0.717, 1.165) is 57.8 Å². The average molecular weight is 466 g/mol. The molecule has 5 rings (SSSR count). The molecule has 2 aromatic heterocycles. The molecule has 4 heterocycles. The van der Waals surface area contributed by atoms with Crippen LogP contribution in [0.15, 0.2) is 18.3 Å². The summed E-state index contributed by atoms with van der Waals surface area (Å²) in [7, 11) is 0. The predicted octanol–water partition coefficient (Wildman–Crippen LogP) is 1.73. The van der Waals surface area contributed by atoms with Gasteiger partial charge in [-0.05, 0) is 38.3 Å². The molecule has 1 amide bonds. The first kappa shape index (κ1) is 22.4. The normalized spacial score (nSPS) is 18.0. The van der Waals surface area contributed by atoms with Gasteiger partial charge in [0, 0.05) is 37.8 Å². The van der Waals surface area contributed by atoms with Gasteiger partial charge in [0.05, 0.1) is 25.1 Å². The Bertz CT molecular complexity index is 1240. The number of hydrogen-bond acceptors (Lipinski definition) is 8. The maximum atomic E-state index is 12.4. The first-order valence-electron chi connectivity index (χ1n) is 11.7. The number of carbonyl (C=O) groups excluding carboxylic acids is 1. The van der Waals surface area contributed by atoms with E-state index in [0.29, 0.717) is 34.3 Å². The topological polar surface area (TPSA) is 136 Å². The molecular weight excluding hydrogens is 434 g/mol. The number of amides is 1. The van der Waals surface area contributed by atoms with Crippen LogP contribution in [0.1, 0.15) is 34.3 Å². The molecule has 2 aliphatic heterocycles. The number of phenolic OH excluding ortho intramolecular Hbond substituents is 1. The van der Waals surface area contributed by atoms with Crippen LogP contribution in [0.4, 0.5) is 11.6 Å². The van der Waals surface area contributed by atoms with Crippen LogP contribution in [0.25, 0.3) is 16.9 Å². The van der Waals surface area contributed by atoms with E-state index in [2.05, 4.69) is 14.8 Å². The molecule has 0 unspecified atom stereocenters. The molecule has 0 bridgehead atoms. The number of nitrogen functional groups attached to an aromatic ring is 1. The van der Waals surface area contributed by atoms with Gasteiger partial charge in [-0.15, -0.1) is 0 Å². The summed E-state index contributed by atoms with van der Waals surface area (Å²) in [6.07, 6.45) is 3.80. The van der Waals surface area contributed by atoms with E-state index in [9.17, 15) is 9.90 Å². The maximum absolute atomic E-state index is 12.4. The zero-order valence-corrected chi connectivity index (χ0v) is 19.6. The van der Waals surface area contributed by atoms with Crippen molar-refractivity contribution in [3.8, 4) is 11.4 Å². The summed E-state index contributed by atoms with van der Waals surface area (Å²) in [6.45, 7) is 9.00. The van der Waals surface area contributed by atoms with E-state index in [1.807, 2.05) is 6.92 Å². The van der Waals surface area contributed by atoms with Crippen LogP contribution in [0, 0.1) is 13.8 Å². The molecule has 0 aliphatic carbocycles. The SMILES string of the molecule is Cc1ccc(O)c(C)c1-n1c(N)c(C(N)=O)c2nc(N3CCC(N4CCOCC4)CC3)cnc21. The van der Waals surface area contributed by atoms with Crippen LogP contribution in [0.3, 0.4) is 0 Å². The van der Waals surface area contributed by atoms with Crippen molar-refractivity contribution in [1.82, 2.24) is 19.4 Å². The van der Waals surface area contributed by atoms with E-state index < -0.39 is 5.91 Å². The van der Waals surface area contributed by atoms with E-state index in [-0.39, 0.29) is 17.1 Å². The van der Waals surface area contributed by atoms with Gasteiger partial charge in [-0.25, -0.2) is 9.97 Å². The van der Waals surface area contributed by atoms with Gasteiger partial charge in [-0.1, -0.05) is 6.07 Å². The van der Waals surface area contributed by atoms with Crippen molar-refractivity contribution in [3.63, 3.8) is 0 Å². The molecule has 0 spiro atoms. The number of morpholine rings is 1. The second kappa shape index (κ2) is 8.77. The van der Waals surface area contributed by atoms with Gasteiger partial charge >= 0.3 is 0 Å². The molecule has 0 radical (unpaired) electrons. The smallest absolute Gasteiger partial charge is 0.254 e. The molecule has 0 atom stereocenters. The predicted molar refractivity (Wildman–Crippen MR) is 131 cm³/mol. The summed E-state index contributed by atoms with van der Waals surface area (Å²) in [4.78, 5) is 26.6. The van der Waals surface area contributed by atoms with Gasteiger partial charge in [0.2, 0.25) is 0 Å². The third kappa shape index (κ3) is 3.72. The minimum Gasteiger partial charge on any atom is -0.508 e. The number of aromatic hydroxyl groups is 1. The fourth-order valence-corrected chi connectivity index (χ4v) is 5.25. The standard InChI is InChI=1S/C24H31N7O3/c1-14-3-4-17(32)15(2)21(14)31-22(25)19(23(26)33)20-24(31)27-13-18(28-20)30-7-5-16(6-8-30)29-9-11-34-12-10-29/h3-4,13,16,32H,5-12,25H2,1-2H3,(H2,26,33). The second-order valence-electron chi connectivity index (χ2n) is 9.10. The molecule has 10 heteroatoms. The third-order valence-corrected chi connectivity index (χ3v) is 7.11. The van der Waals surface area contributed by atoms with Crippen LogP contribution < -0.4 is 16.4 Å². The van der Waals surface area contributed by atoms with Crippen molar-refractivity contribution in [2.75, 3.05) is 50.0 Å². The minimum absolute atomic E-state index is 0.134. The highest BCUT2D eigenvalue weighted by atomic mass is 16.5. The lowest BCUT2D eigenvalue weighted by atomic mass is 10.0. The van der Waals surface area contributed by atoms with Crippen molar-refractivity contribution in [3.05, 3.63) is 35.0 Å². The molecule has 2 saturated heterocycles. The Labute approximate surface area is 198 Å². The lowest BCUT2D eigenvalue weighted by Gasteiger charge is -2.40. The van der Waals surface area contributed by atoms with Gasteiger partial charge in [-0.2, -0.15) is 0 Å². The number of aromatic nitrogens is 3. The Kier molecular flexibility index (Phi) is 5.78. The first-order valence-corrected chi connectivity index (χ1v) is 11.7. The summed E-state index contributed by atoms with van der Waals surface area (Å²) in [5, 5.41) is 10.3. The Morgan fingerprint density at radius 2 is 1.85 bits per heavy atom. The molecule has 34 heavy (non-hydrogen) atoms. The van der Waals surface area contributed by atoms with Gasteiger partial charge in [0.1, 0.15) is 28.5 Å². The Morgan fingerprint density at radius 3 is 2.53 bits per heavy atom. The number of carbonyl (C=O) groups is 1. The third-order valence-electron chi connectivity index (χ3n) is 7.11. The van der Waals surface area contributed by atoms with Gasteiger partial charge in [0.25, 0.3) is 5.91 Å². The fourth-order valence-electron chi connectivity index (χ4n) is 5.25. The van der Waals surface area contributed by atoms with Crippen LogP contribution in [0.5, 0.6) is 5.75 Å². The van der Waals surface area contributed by atoms with Gasteiger partial charge < -0.3 is 26.2 Å². The van der Waals surface area contributed by atoms with Crippen molar-refractivity contribution < 1.29 is 14.6 Å². The quantitative estimate of drug-likeness (QED) is 0.530. The summed E-state index contributed by atoms with van der Waals surface area (Å²) >= 11 is 0. The van der Waals surface area contributed by atoms with E-state index >= 15 is 0 Å². The first-order chi connectivity index (χ1) is 16.4. The summed E-state index contributed by atoms with van der Waals surface area (Å²) in [6, 6.07) is 3.98. The molecule has 3 aromatic rings. The highest BCUT2D eigenvalue weighted by molar-refractivity contribution is 6.09. The number of ether oxygens (including phenoxy) is 1. The minimum atomic E-state index is -0.658. The molecular formula is C24H31N7O3. The second-order valence-corrected chi connectivity index (χ2v) is 9.10. The Balaban J connectivity index is 1.51. The molecule has 5 N–H and O–H groups in total. The number of nitrogens with zero attached hydrogens (tertiary/aromatic N) is 5. The van der Waals surface area contributed by atoms with Crippen LogP contribution in [0.2, 0.25) is 0 Å². The number of aryl methyl sites for hydroxylation is 1.